The fourth-order valence-electron chi connectivity index (χ4n) is 1.80. The molecule has 0 bridgehead atoms. The standard InChI is InChI=1S/C13H15BrN4O2S/c1-18(2)11-6-4-3-5-10(11)17-21(19,20)12-7-9(14)8-16-13(12)15/h3-8,17H,1-2H3,(H2,15,16). The van der Waals surface area contributed by atoms with Crippen molar-refractivity contribution < 1.29 is 8.42 Å². The molecule has 0 radical (unpaired) electrons. The van der Waals surface area contributed by atoms with Crippen LogP contribution in [0.5, 0.6) is 0 Å². The van der Waals surface area contributed by atoms with E-state index in [9.17, 15) is 8.42 Å². The van der Waals surface area contributed by atoms with Gasteiger partial charge in [0, 0.05) is 24.8 Å². The Morgan fingerprint density at radius 2 is 1.95 bits per heavy atom. The second-order valence-electron chi connectivity index (χ2n) is 4.55. The van der Waals surface area contributed by atoms with Crippen LogP contribution in [-0.4, -0.2) is 27.5 Å². The summed E-state index contributed by atoms with van der Waals surface area (Å²) >= 11 is 3.19. The summed E-state index contributed by atoms with van der Waals surface area (Å²) in [7, 11) is -0.146. The molecule has 0 atom stereocenters. The molecule has 3 N–H and O–H groups in total. The first-order valence-corrected chi connectivity index (χ1v) is 8.29. The lowest BCUT2D eigenvalue weighted by Crippen LogP contribution is -2.18. The molecular formula is C13H15BrN4O2S. The molecule has 0 saturated heterocycles. The Labute approximate surface area is 132 Å². The van der Waals surface area contributed by atoms with Crippen LogP contribution >= 0.6 is 15.9 Å². The molecular weight excluding hydrogens is 356 g/mol. The maximum absolute atomic E-state index is 12.5. The van der Waals surface area contributed by atoms with Crippen LogP contribution < -0.4 is 15.4 Å². The van der Waals surface area contributed by atoms with Gasteiger partial charge in [0.05, 0.1) is 11.4 Å². The van der Waals surface area contributed by atoms with Gasteiger partial charge in [-0.1, -0.05) is 12.1 Å². The maximum Gasteiger partial charge on any atom is 0.265 e. The minimum Gasteiger partial charge on any atom is -0.383 e. The smallest absolute Gasteiger partial charge is 0.265 e. The van der Waals surface area contributed by atoms with Gasteiger partial charge in [-0.3, -0.25) is 4.72 Å². The van der Waals surface area contributed by atoms with Crippen LogP contribution in [0, 0.1) is 0 Å². The van der Waals surface area contributed by atoms with Crippen molar-refractivity contribution in [1.29, 1.82) is 0 Å². The molecule has 0 fully saturated rings. The highest BCUT2D eigenvalue weighted by atomic mass is 79.9. The van der Waals surface area contributed by atoms with Gasteiger partial charge in [0.25, 0.3) is 10.0 Å². The highest BCUT2D eigenvalue weighted by molar-refractivity contribution is 9.10. The molecule has 1 heterocycles. The summed E-state index contributed by atoms with van der Waals surface area (Å²) in [5.41, 5.74) is 6.89. The van der Waals surface area contributed by atoms with Gasteiger partial charge in [-0.25, -0.2) is 13.4 Å². The van der Waals surface area contributed by atoms with Crippen LogP contribution in [-0.2, 0) is 10.0 Å². The van der Waals surface area contributed by atoms with Crippen molar-refractivity contribution >= 4 is 43.1 Å². The quantitative estimate of drug-likeness (QED) is 0.861. The van der Waals surface area contributed by atoms with Gasteiger partial charge >= 0.3 is 0 Å². The van der Waals surface area contributed by atoms with Crippen molar-refractivity contribution in [2.75, 3.05) is 29.5 Å². The lowest BCUT2D eigenvalue weighted by Gasteiger charge is -2.18. The molecule has 1 aromatic heterocycles. The van der Waals surface area contributed by atoms with E-state index in [1.807, 2.05) is 31.1 Å². The van der Waals surface area contributed by atoms with Crippen molar-refractivity contribution in [3.05, 3.63) is 41.0 Å². The van der Waals surface area contributed by atoms with E-state index in [0.29, 0.717) is 10.2 Å². The molecule has 0 amide bonds. The summed E-state index contributed by atoms with van der Waals surface area (Å²) in [5, 5.41) is 0. The number of benzene rings is 1. The van der Waals surface area contributed by atoms with Crippen LogP contribution in [0.25, 0.3) is 0 Å². The molecule has 2 aromatic rings. The first-order chi connectivity index (χ1) is 9.81. The van der Waals surface area contributed by atoms with Gasteiger partial charge < -0.3 is 10.6 Å². The summed E-state index contributed by atoms with van der Waals surface area (Å²) < 4.78 is 28.0. The van der Waals surface area contributed by atoms with Crippen molar-refractivity contribution in [2.24, 2.45) is 0 Å². The van der Waals surface area contributed by atoms with E-state index in [4.69, 9.17) is 5.73 Å². The molecule has 6 nitrogen and oxygen atoms in total. The second kappa shape index (κ2) is 5.90. The van der Waals surface area contributed by atoms with Gasteiger partial charge in [0.1, 0.15) is 10.7 Å². The Kier molecular flexibility index (Phi) is 4.38. The number of halogens is 1. The largest absolute Gasteiger partial charge is 0.383 e. The molecule has 0 aliphatic heterocycles. The SMILES string of the molecule is CN(C)c1ccccc1NS(=O)(=O)c1cc(Br)cnc1N. The first kappa shape index (κ1) is 15.6. The number of nitrogen functional groups attached to an aromatic ring is 1. The zero-order valence-corrected chi connectivity index (χ0v) is 13.9. The van der Waals surface area contributed by atoms with E-state index in [1.54, 1.807) is 12.1 Å². The van der Waals surface area contributed by atoms with Crippen molar-refractivity contribution in [2.45, 2.75) is 4.90 Å². The Morgan fingerprint density at radius 1 is 1.29 bits per heavy atom. The summed E-state index contributed by atoms with van der Waals surface area (Å²) in [6, 6.07) is 8.52. The fourth-order valence-corrected chi connectivity index (χ4v) is 3.46. The number of nitrogens with zero attached hydrogens (tertiary/aromatic N) is 2. The van der Waals surface area contributed by atoms with Gasteiger partial charge in [-0.2, -0.15) is 0 Å². The van der Waals surface area contributed by atoms with E-state index in [2.05, 4.69) is 25.6 Å². The number of rotatable bonds is 4. The van der Waals surface area contributed by atoms with E-state index in [-0.39, 0.29) is 10.7 Å². The van der Waals surface area contributed by atoms with Crippen LogP contribution in [0.4, 0.5) is 17.2 Å². The fraction of sp³-hybridized carbons (Fsp3) is 0.154. The number of sulfonamides is 1. The minimum atomic E-state index is -3.82. The molecule has 1 aromatic carbocycles. The van der Waals surface area contributed by atoms with Gasteiger partial charge in [-0.15, -0.1) is 0 Å². The van der Waals surface area contributed by atoms with Crippen molar-refractivity contribution in [1.82, 2.24) is 4.98 Å². The molecule has 21 heavy (non-hydrogen) atoms. The number of nitrogens with two attached hydrogens (primary N) is 1. The number of hydrogen-bond donors (Lipinski definition) is 2. The Bertz CT molecular complexity index is 763. The van der Waals surface area contributed by atoms with Crippen LogP contribution in [0.1, 0.15) is 0 Å². The zero-order chi connectivity index (χ0) is 15.6. The lowest BCUT2D eigenvalue weighted by atomic mass is 10.2. The van der Waals surface area contributed by atoms with E-state index < -0.39 is 10.0 Å². The third-order valence-corrected chi connectivity index (χ3v) is 4.60. The number of para-hydroxylation sites is 2. The van der Waals surface area contributed by atoms with E-state index in [1.165, 1.54) is 12.3 Å². The number of hydrogen-bond acceptors (Lipinski definition) is 5. The van der Waals surface area contributed by atoms with Crippen molar-refractivity contribution in [3.63, 3.8) is 0 Å². The molecule has 2 rings (SSSR count). The monoisotopic (exact) mass is 370 g/mol. The summed E-state index contributed by atoms with van der Waals surface area (Å²) in [6.07, 6.45) is 1.45. The average molecular weight is 371 g/mol. The molecule has 0 aliphatic carbocycles. The van der Waals surface area contributed by atoms with Crippen molar-refractivity contribution in [3.8, 4) is 0 Å². The number of aromatic nitrogens is 1. The zero-order valence-electron chi connectivity index (χ0n) is 11.5. The van der Waals surface area contributed by atoms with Gasteiger partial charge in [0.15, 0.2) is 0 Å². The molecule has 8 heteroatoms. The van der Waals surface area contributed by atoms with E-state index in [0.717, 1.165) is 5.69 Å². The average Bonchev–Trinajstić information content (AvgIpc) is 2.41. The Hall–Kier alpha value is -1.80. The number of anilines is 3. The third-order valence-electron chi connectivity index (χ3n) is 2.77. The normalized spacial score (nSPS) is 11.2. The Balaban J connectivity index is 2.45. The number of pyridine rings is 1. The summed E-state index contributed by atoms with van der Waals surface area (Å²) in [4.78, 5) is 5.60. The third kappa shape index (κ3) is 3.45. The summed E-state index contributed by atoms with van der Waals surface area (Å²) in [5.74, 6) is -0.0481. The molecule has 0 aliphatic rings. The predicted molar refractivity (Wildman–Crippen MR) is 87.9 cm³/mol. The van der Waals surface area contributed by atoms with Gasteiger partial charge in [-0.05, 0) is 34.1 Å². The molecule has 0 unspecified atom stereocenters. The topological polar surface area (TPSA) is 88.3 Å². The lowest BCUT2D eigenvalue weighted by molar-refractivity contribution is 0.601. The van der Waals surface area contributed by atoms with Crippen LogP contribution in [0.2, 0.25) is 0 Å². The highest BCUT2D eigenvalue weighted by Gasteiger charge is 2.20. The summed E-state index contributed by atoms with van der Waals surface area (Å²) in [6.45, 7) is 0. The highest BCUT2D eigenvalue weighted by Crippen LogP contribution is 2.28. The number of nitrogens with one attached hydrogen (secondary N) is 1. The molecule has 0 saturated carbocycles. The van der Waals surface area contributed by atoms with Crippen LogP contribution in [0.15, 0.2) is 45.9 Å². The molecule has 0 spiro atoms. The maximum atomic E-state index is 12.5. The first-order valence-electron chi connectivity index (χ1n) is 6.01. The second-order valence-corrected chi connectivity index (χ2v) is 7.12. The Morgan fingerprint density at radius 3 is 2.62 bits per heavy atom. The van der Waals surface area contributed by atoms with E-state index >= 15 is 0 Å². The van der Waals surface area contributed by atoms with Gasteiger partial charge in [0.2, 0.25) is 0 Å². The van der Waals surface area contributed by atoms with Crippen LogP contribution in [0.3, 0.4) is 0 Å². The minimum absolute atomic E-state index is 0.0481. The molecule has 112 valence electrons. The predicted octanol–water partition coefficient (Wildman–Crippen LogP) is 2.29.